The Labute approximate surface area is 183 Å². The van der Waals surface area contributed by atoms with Crippen LogP contribution in [0.15, 0.2) is 70.1 Å². The van der Waals surface area contributed by atoms with Gasteiger partial charge in [0.2, 0.25) is 11.7 Å². The molecule has 8 heteroatoms. The highest BCUT2D eigenvalue weighted by molar-refractivity contribution is 6.31. The fourth-order valence-corrected chi connectivity index (χ4v) is 3.23. The molecule has 7 nitrogen and oxygen atoms in total. The Balaban J connectivity index is 1.54. The summed E-state index contributed by atoms with van der Waals surface area (Å²) in [5, 5.41) is 7.32. The number of aromatic nitrogens is 3. The normalized spacial score (nSPS) is 10.8. The van der Waals surface area contributed by atoms with Crippen LogP contribution in [0.1, 0.15) is 11.1 Å². The molecule has 4 rings (SSSR count). The molecular formula is C23H19ClN4O3. The van der Waals surface area contributed by atoms with E-state index in [1.165, 1.54) is 16.8 Å². The molecule has 31 heavy (non-hydrogen) atoms. The highest BCUT2D eigenvalue weighted by Crippen LogP contribution is 2.22. The van der Waals surface area contributed by atoms with Crippen molar-refractivity contribution in [1.29, 1.82) is 0 Å². The van der Waals surface area contributed by atoms with E-state index < -0.39 is 0 Å². The Kier molecular flexibility index (Phi) is 5.68. The fourth-order valence-electron chi connectivity index (χ4n) is 3.05. The van der Waals surface area contributed by atoms with Crippen LogP contribution >= 0.6 is 11.6 Å². The van der Waals surface area contributed by atoms with Crippen molar-refractivity contribution < 1.29 is 9.32 Å². The molecule has 0 aliphatic carbocycles. The minimum atomic E-state index is -0.356. The third-order valence-corrected chi connectivity index (χ3v) is 5.11. The predicted molar refractivity (Wildman–Crippen MR) is 119 cm³/mol. The van der Waals surface area contributed by atoms with Crippen molar-refractivity contribution in [3.8, 4) is 22.8 Å². The Morgan fingerprint density at radius 1 is 1.10 bits per heavy atom. The summed E-state index contributed by atoms with van der Waals surface area (Å²) in [6.07, 6.45) is 1.53. The summed E-state index contributed by atoms with van der Waals surface area (Å²) in [6, 6.07) is 15.9. The number of rotatable bonds is 5. The molecule has 0 aliphatic rings. The number of hydrogen-bond acceptors (Lipinski definition) is 5. The second-order valence-electron chi connectivity index (χ2n) is 7.19. The molecule has 156 valence electrons. The van der Waals surface area contributed by atoms with Gasteiger partial charge in [-0.3, -0.25) is 9.59 Å². The SMILES string of the molecule is Cc1cccc(-c2noc(-c3ccc(=O)n(CC(=O)Nc4ccc(C)c(Cl)c4)c3)n2)c1. The molecule has 0 unspecified atom stereocenters. The lowest BCUT2D eigenvalue weighted by molar-refractivity contribution is -0.116. The van der Waals surface area contributed by atoms with Gasteiger partial charge in [0.1, 0.15) is 6.54 Å². The smallest absolute Gasteiger partial charge is 0.259 e. The fraction of sp³-hybridized carbons (Fsp3) is 0.130. The zero-order valence-corrected chi connectivity index (χ0v) is 17.7. The quantitative estimate of drug-likeness (QED) is 0.500. The first kappa shape index (κ1) is 20.6. The number of aryl methyl sites for hydroxylation is 2. The minimum Gasteiger partial charge on any atom is -0.334 e. The van der Waals surface area contributed by atoms with E-state index >= 15 is 0 Å². The summed E-state index contributed by atoms with van der Waals surface area (Å²) < 4.78 is 6.66. The van der Waals surface area contributed by atoms with Crippen molar-refractivity contribution in [2.45, 2.75) is 20.4 Å². The molecule has 0 aliphatic heterocycles. The molecule has 2 aromatic heterocycles. The van der Waals surface area contributed by atoms with Gasteiger partial charge in [-0.25, -0.2) is 0 Å². The van der Waals surface area contributed by atoms with Crippen LogP contribution in [0.3, 0.4) is 0 Å². The van der Waals surface area contributed by atoms with Crippen molar-refractivity contribution >= 4 is 23.2 Å². The maximum atomic E-state index is 12.4. The lowest BCUT2D eigenvalue weighted by Crippen LogP contribution is -2.26. The molecule has 2 aromatic carbocycles. The lowest BCUT2D eigenvalue weighted by Gasteiger charge is -2.09. The van der Waals surface area contributed by atoms with Crippen LogP contribution in [0.2, 0.25) is 5.02 Å². The first-order chi connectivity index (χ1) is 14.9. The van der Waals surface area contributed by atoms with Crippen molar-refractivity contribution in [3.63, 3.8) is 0 Å². The molecule has 0 atom stereocenters. The van der Waals surface area contributed by atoms with E-state index in [-0.39, 0.29) is 23.9 Å². The first-order valence-corrected chi connectivity index (χ1v) is 9.94. The molecule has 0 spiro atoms. The number of amides is 1. The van der Waals surface area contributed by atoms with Gasteiger partial charge in [-0.05, 0) is 43.7 Å². The topological polar surface area (TPSA) is 90.0 Å². The average Bonchev–Trinajstić information content (AvgIpc) is 3.23. The maximum absolute atomic E-state index is 12.4. The maximum Gasteiger partial charge on any atom is 0.259 e. The summed E-state index contributed by atoms with van der Waals surface area (Å²) >= 11 is 6.10. The molecule has 0 fully saturated rings. The minimum absolute atomic E-state index is 0.170. The Hall–Kier alpha value is -3.71. The Bertz CT molecular complexity index is 1330. The van der Waals surface area contributed by atoms with Crippen molar-refractivity contribution in [2.75, 3.05) is 5.32 Å². The average molecular weight is 435 g/mol. The molecular weight excluding hydrogens is 416 g/mol. The van der Waals surface area contributed by atoms with E-state index in [9.17, 15) is 9.59 Å². The number of benzene rings is 2. The van der Waals surface area contributed by atoms with Gasteiger partial charge >= 0.3 is 0 Å². The zero-order chi connectivity index (χ0) is 22.0. The van der Waals surface area contributed by atoms with Crippen LogP contribution in [0.4, 0.5) is 5.69 Å². The summed E-state index contributed by atoms with van der Waals surface area (Å²) in [7, 11) is 0. The van der Waals surface area contributed by atoms with Crippen molar-refractivity contribution in [3.05, 3.63) is 87.3 Å². The van der Waals surface area contributed by atoms with Gasteiger partial charge < -0.3 is 14.4 Å². The van der Waals surface area contributed by atoms with Gasteiger partial charge in [0.25, 0.3) is 11.4 Å². The molecule has 1 N–H and O–H groups in total. The highest BCUT2D eigenvalue weighted by Gasteiger charge is 2.13. The summed E-state index contributed by atoms with van der Waals surface area (Å²) in [5.41, 5.74) is 3.60. The van der Waals surface area contributed by atoms with E-state index in [0.29, 0.717) is 22.1 Å². The number of anilines is 1. The highest BCUT2D eigenvalue weighted by atomic mass is 35.5. The van der Waals surface area contributed by atoms with Crippen LogP contribution in [0.5, 0.6) is 0 Å². The lowest BCUT2D eigenvalue weighted by atomic mass is 10.1. The number of carbonyl (C=O) groups is 1. The number of hydrogen-bond donors (Lipinski definition) is 1. The van der Waals surface area contributed by atoms with E-state index in [0.717, 1.165) is 16.7 Å². The monoisotopic (exact) mass is 434 g/mol. The number of nitrogens with one attached hydrogen (secondary N) is 1. The van der Waals surface area contributed by atoms with Crippen LogP contribution in [0.25, 0.3) is 22.8 Å². The van der Waals surface area contributed by atoms with Crippen LogP contribution < -0.4 is 10.9 Å². The van der Waals surface area contributed by atoms with Gasteiger partial charge in [0.15, 0.2) is 0 Å². The van der Waals surface area contributed by atoms with Gasteiger partial charge in [0, 0.05) is 28.5 Å². The van der Waals surface area contributed by atoms with Gasteiger partial charge in [-0.2, -0.15) is 4.98 Å². The molecule has 0 saturated heterocycles. The molecule has 1 amide bonds. The number of pyridine rings is 1. The van der Waals surface area contributed by atoms with E-state index in [2.05, 4.69) is 15.5 Å². The van der Waals surface area contributed by atoms with Gasteiger partial charge in [0.05, 0.1) is 5.56 Å². The first-order valence-electron chi connectivity index (χ1n) is 9.57. The van der Waals surface area contributed by atoms with Crippen molar-refractivity contribution in [1.82, 2.24) is 14.7 Å². The van der Waals surface area contributed by atoms with Crippen LogP contribution in [-0.2, 0) is 11.3 Å². The number of carbonyl (C=O) groups excluding carboxylic acids is 1. The van der Waals surface area contributed by atoms with E-state index in [1.54, 1.807) is 18.2 Å². The zero-order valence-electron chi connectivity index (χ0n) is 16.9. The second kappa shape index (κ2) is 8.57. The largest absolute Gasteiger partial charge is 0.334 e. The van der Waals surface area contributed by atoms with Gasteiger partial charge in [-0.1, -0.05) is 46.6 Å². The van der Waals surface area contributed by atoms with Crippen LogP contribution in [0, 0.1) is 13.8 Å². The number of nitrogens with zero attached hydrogens (tertiary/aromatic N) is 3. The second-order valence-corrected chi connectivity index (χ2v) is 7.60. The standard InChI is InChI=1S/C23H19ClN4O3/c1-14-4-3-5-16(10-14)22-26-23(31-27-22)17-7-9-21(30)28(12-17)13-20(29)25-18-8-6-15(2)19(24)11-18/h3-12H,13H2,1-2H3,(H,25,29). The Morgan fingerprint density at radius 3 is 2.71 bits per heavy atom. The third-order valence-electron chi connectivity index (χ3n) is 4.70. The van der Waals surface area contributed by atoms with Crippen molar-refractivity contribution in [2.24, 2.45) is 0 Å². The molecule has 0 saturated carbocycles. The molecule has 0 radical (unpaired) electrons. The Morgan fingerprint density at radius 2 is 1.94 bits per heavy atom. The van der Waals surface area contributed by atoms with Crippen LogP contribution in [-0.4, -0.2) is 20.6 Å². The van der Waals surface area contributed by atoms with Gasteiger partial charge in [-0.15, -0.1) is 0 Å². The van der Waals surface area contributed by atoms with E-state index in [4.69, 9.17) is 16.1 Å². The van der Waals surface area contributed by atoms with E-state index in [1.807, 2.05) is 44.2 Å². The molecule has 0 bridgehead atoms. The third kappa shape index (κ3) is 4.73. The predicted octanol–water partition coefficient (Wildman–Crippen LogP) is 4.47. The summed E-state index contributed by atoms with van der Waals surface area (Å²) in [5.74, 6) is 0.353. The number of halogens is 1. The summed E-state index contributed by atoms with van der Waals surface area (Å²) in [4.78, 5) is 29.1. The summed E-state index contributed by atoms with van der Waals surface area (Å²) in [6.45, 7) is 3.69. The molecule has 2 heterocycles. The molecule has 4 aromatic rings.